The normalized spacial score (nSPS) is 18.2. The van der Waals surface area contributed by atoms with Gasteiger partial charge in [-0.1, -0.05) is 60.1 Å². The van der Waals surface area contributed by atoms with E-state index < -0.39 is 0 Å². The van der Waals surface area contributed by atoms with Crippen LogP contribution in [0.5, 0.6) is 11.5 Å². The maximum absolute atomic E-state index is 12.9. The van der Waals surface area contributed by atoms with E-state index in [1.165, 1.54) is 0 Å². The van der Waals surface area contributed by atoms with Crippen LogP contribution in [0.2, 0.25) is 5.02 Å². The van der Waals surface area contributed by atoms with Gasteiger partial charge in [0.2, 0.25) is 5.91 Å². The lowest BCUT2D eigenvalue weighted by atomic mass is 10.1. The fourth-order valence-electron chi connectivity index (χ4n) is 4.33. The number of hydrogen-bond donors (Lipinski definition) is 2. The molecule has 1 saturated heterocycles. The average molecular weight is 478 g/mol. The highest BCUT2D eigenvalue weighted by atomic mass is 35.5. The summed E-state index contributed by atoms with van der Waals surface area (Å²) in [7, 11) is 0. The number of amides is 1. The number of nitrogens with one attached hydrogen (secondary N) is 2. The molecule has 5 nitrogen and oxygen atoms in total. The molecule has 0 spiro atoms. The van der Waals surface area contributed by atoms with Gasteiger partial charge in [0, 0.05) is 36.7 Å². The predicted octanol–water partition coefficient (Wildman–Crippen LogP) is 5.39. The molecule has 4 rings (SSSR count). The first-order chi connectivity index (χ1) is 16.5. The lowest BCUT2D eigenvalue weighted by Gasteiger charge is -2.24. The second-order valence-electron chi connectivity index (χ2n) is 9.08. The molecule has 0 bridgehead atoms. The van der Waals surface area contributed by atoms with Crippen molar-refractivity contribution in [1.82, 2.24) is 15.5 Å². The minimum absolute atomic E-state index is 0.0737. The first-order valence-electron chi connectivity index (χ1n) is 11.8. The van der Waals surface area contributed by atoms with E-state index in [1.54, 1.807) is 0 Å². The molecule has 0 aromatic heterocycles. The van der Waals surface area contributed by atoms with Crippen LogP contribution in [0.1, 0.15) is 31.4 Å². The molecule has 0 radical (unpaired) electrons. The highest BCUT2D eigenvalue weighted by Crippen LogP contribution is 2.26. The molecule has 3 aromatic carbocycles. The summed E-state index contributed by atoms with van der Waals surface area (Å²) in [5.74, 6) is 1.70. The molecule has 1 amide bonds. The van der Waals surface area contributed by atoms with Crippen LogP contribution in [-0.2, 0) is 17.9 Å². The lowest BCUT2D eigenvalue weighted by molar-refractivity contribution is -0.126. The number of halogens is 1. The molecule has 0 unspecified atom stereocenters. The minimum atomic E-state index is -0.191. The Morgan fingerprint density at radius 3 is 2.53 bits per heavy atom. The minimum Gasteiger partial charge on any atom is -0.457 e. The third kappa shape index (κ3) is 6.60. The maximum atomic E-state index is 12.9. The number of carbonyl (C=O) groups excluding carboxylic acids is 1. The Balaban J connectivity index is 1.40. The largest absolute Gasteiger partial charge is 0.457 e. The van der Waals surface area contributed by atoms with Gasteiger partial charge in [0.1, 0.15) is 11.5 Å². The molecule has 1 aliphatic rings. The van der Waals surface area contributed by atoms with E-state index in [4.69, 9.17) is 16.3 Å². The van der Waals surface area contributed by atoms with Crippen LogP contribution < -0.4 is 15.4 Å². The quantitative estimate of drug-likeness (QED) is 0.434. The number of ether oxygens (including phenoxy) is 1. The van der Waals surface area contributed by atoms with Crippen molar-refractivity contribution >= 4 is 17.5 Å². The Kier molecular flexibility index (Phi) is 8.22. The van der Waals surface area contributed by atoms with Gasteiger partial charge in [0.05, 0.1) is 6.04 Å². The summed E-state index contributed by atoms with van der Waals surface area (Å²) in [6.45, 7) is 6.11. The zero-order chi connectivity index (χ0) is 23.9. The van der Waals surface area contributed by atoms with E-state index in [0.717, 1.165) is 40.6 Å². The number of likely N-dealkylation sites (tertiary alicyclic amines) is 1. The molecule has 2 N–H and O–H groups in total. The summed E-state index contributed by atoms with van der Waals surface area (Å²) >= 11 is 6.41. The van der Waals surface area contributed by atoms with E-state index in [1.807, 2.05) is 80.6 Å². The molecule has 1 fully saturated rings. The van der Waals surface area contributed by atoms with Crippen molar-refractivity contribution < 1.29 is 9.53 Å². The Morgan fingerprint density at radius 1 is 1.03 bits per heavy atom. The SMILES string of the molecule is CC(C)NC(=O)[C@@H]1C[C@H](NCc2cccc(Oc3ccccc3)c2)CN1Cc1ccccc1Cl. The number of rotatable bonds is 9. The lowest BCUT2D eigenvalue weighted by Crippen LogP contribution is -2.45. The predicted molar refractivity (Wildman–Crippen MR) is 137 cm³/mol. The summed E-state index contributed by atoms with van der Waals surface area (Å²) < 4.78 is 5.97. The van der Waals surface area contributed by atoms with Crippen LogP contribution in [0.25, 0.3) is 0 Å². The number of para-hydroxylation sites is 1. The highest BCUT2D eigenvalue weighted by Gasteiger charge is 2.36. The zero-order valence-electron chi connectivity index (χ0n) is 19.7. The summed E-state index contributed by atoms with van der Waals surface area (Å²) in [5, 5.41) is 7.46. The Hall–Kier alpha value is -2.86. The average Bonchev–Trinajstić information content (AvgIpc) is 3.23. The molecule has 0 saturated carbocycles. The van der Waals surface area contributed by atoms with Gasteiger partial charge in [-0.15, -0.1) is 0 Å². The molecule has 0 aliphatic carbocycles. The van der Waals surface area contributed by atoms with Crippen molar-refractivity contribution in [2.45, 2.75) is 51.5 Å². The van der Waals surface area contributed by atoms with Crippen molar-refractivity contribution in [3.63, 3.8) is 0 Å². The Bertz CT molecular complexity index is 1090. The topological polar surface area (TPSA) is 53.6 Å². The summed E-state index contributed by atoms with van der Waals surface area (Å²) in [6.07, 6.45) is 0.753. The van der Waals surface area contributed by atoms with Gasteiger partial charge in [0.15, 0.2) is 0 Å². The Labute approximate surface area is 207 Å². The second kappa shape index (κ2) is 11.5. The van der Waals surface area contributed by atoms with Crippen LogP contribution in [0.15, 0.2) is 78.9 Å². The molecule has 1 heterocycles. The molecule has 178 valence electrons. The molecule has 3 aromatic rings. The number of nitrogens with zero attached hydrogens (tertiary/aromatic N) is 1. The van der Waals surface area contributed by atoms with Gasteiger partial charge in [-0.25, -0.2) is 0 Å². The highest BCUT2D eigenvalue weighted by molar-refractivity contribution is 6.31. The zero-order valence-corrected chi connectivity index (χ0v) is 20.5. The summed E-state index contributed by atoms with van der Waals surface area (Å²) in [5.41, 5.74) is 2.18. The van der Waals surface area contributed by atoms with Crippen LogP contribution in [0.4, 0.5) is 0 Å². The number of carbonyl (C=O) groups is 1. The molecule has 1 aliphatic heterocycles. The first-order valence-corrected chi connectivity index (χ1v) is 12.2. The molecule has 2 atom stereocenters. The standard InChI is InChI=1S/C28H32ClN3O2/c1-20(2)31-28(33)27-16-23(19-32(27)18-22-10-6-7-14-26(22)29)30-17-21-9-8-13-25(15-21)34-24-11-4-3-5-12-24/h3-15,20,23,27,30H,16-19H2,1-2H3,(H,31,33)/t23-,27-/m0/s1. The number of benzene rings is 3. The Morgan fingerprint density at radius 2 is 1.76 bits per heavy atom. The van der Waals surface area contributed by atoms with Gasteiger partial charge in [0.25, 0.3) is 0 Å². The van der Waals surface area contributed by atoms with Crippen molar-refractivity contribution in [2.24, 2.45) is 0 Å². The fraction of sp³-hybridized carbons (Fsp3) is 0.321. The van der Waals surface area contributed by atoms with E-state index >= 15 is 0 Å². The first kappa shape index (κ1) is 24.3. The van der Waals surface area contributed by atoms with E-state index in [9.17, 15) is 4.79 Å². The van der Waals surface area contributed by atoms with Crippen LogP contribution in [-0.4, -0.2) is 35.5 Å². The third-order valence-electron chi connectivity index (χ3n) is 5.94. The van der Waals surface area contributed by atoms with Crippen molar-refractivity contribution in [3.05, 3.63) is 95.0 Å². The fourth-order valence-corrected chi connectivity index (χ4v) is 4.53. The van der Waals surface area contributed by atoms with Gasteiger partial charge >= 0.3 is 0 Å². The van der Waals surface area contributed by atoms with E-state index in [0.29, 0.717) is 13.1 Å². The van der Waals surface area contributed by atoms with E-state index in [2.05, 4.69) is 27.7 Å². The van der Waals surface area contributed by atoms with Crippen LogP contribution >= 0.6 is 11.6 Å². The molecule has 34 heavy (non-hydrogen) atoms. The summed E-state index contributed by atoms with van der Waals surface area (Å²) in [6, 6.07) is 25.8. The van der Waals surface area contributed by atoms with Crippen LogP contribution in [0.3, 0.4) is 0 Å². The summed E-state index contributed by atoms with van der Waals surface area (Å²) in [4.78, 5) is 15.2. The van der Waals surface area contributed by atoms with Crippen LogP contribution in [0, 0.1) is 0 Å². The van der Waals surface area contributed by atoms with Gasteiger partial charge in [-0.3, -0.25) is 9.69 Å². The van der Waals surface area contributed by atoms with Gasteiger partial charge < -0.3 is 15.4 Å². The maximum Gasteiger partial charge on any atom is 0.237 e. The van der Waals surface area contributed by atoms with Gasteiger partial charge in [-0.2, -0.15) is 0 Å². The molecule has 6 heteroatoms. The second-order valence-corrected chi connectivity index (χ2v) is 9.48. The monoisotopic (exact) mass is 477 g/mol. The van der Waals surface area contributed by atoms with Gasteiger partial charge in [-0.05, 0) is 61.7 Å². The molecular formula is C28H32ClN3O2. The van der Waals surface area contributed by atoms with E-state index in [-0.39, 0.29) is 24.0 Å². The smallest absolute Gasteiger partial charge is 0.237 e. The van der Waals surface area contributed by atoms with Crippen molar-refractivity contribution in [3.8, 4) is 11.5 Å². The third-order valence-corrected chi connectivity index (χ3v) is 6.31. The van der Waals surface area contributed by atoms with Crippen molar-refractivity contribution in [2.75, 3.05) is 6.54 Å². The number of hydrogen-bond acceptors (Lipinski definition) is 4. The molecular weight excluding hydrogens is 446 g/mol. The van der Waals surface area contributed by atoms with Crippen molar-refractivity contribution in [1.29, 1.82) is 0 Å².